The summed E-state index contributed by atoms with van der Waals surface area (Å²) in [6, 6.07) is 11.8. The minimum absolute atomic E-state index is 0.0198. The molecular formula is C22H26N4O3. The first-order chi connectivity index (χ1) is 14.2. The van der Waals surface area contributed by atoms with E-state index in [1.165, 1.54) is 0 Å². The number of rotatable bonds is 7. The van der Waals surface area contributed by atoms with E-state index in [9.17, 15) is 4.79 Å². The van der Waals surface area contributed by atoms with Crippen molar-refractivity contribution in [2.45, 2.75) is 25.3 Å². The van der Waals surface area contributed by atoms with Crippen molar-refractivity contribution < 1.29 is 14.3 Å². The number of H-pyrrole nitrogens is 1. The third-order valence-corrected chi connectivity index (χ3v) is 5.28. The van der Waals surface area contributed by atoms with Gasteiger partial charge in [0.25, 0.3) is 0 Å². The van der Waals surface area contributed by atoms with Gasteiger partial charge in [-0.05, 0) is 49.1 Å². The molecule has 2 aromatic heterocycles. The predicted molar refractivity (Wildman–Crippen MR) is 111 cm³/mol. The average molecular weight is 394 g/mol. The highest BCUT2D eigenvalue weighted by atomic mass is 16.5. The molecule has 7 nitrogen and oxygen atoms in total. The van der Waals surface area contributed by atoms with E-state index >= 15 is 0 Å². The summed E-state index contributed by atoms with van der Waals surface area (Å²) in [6.07, 6.45) is 5.87. The average Bonchev–Trinajstić information content (AvgIpc) is 3.24. The van der Waals surface area contributed by atoms with Gasteiger partial charge in [0.15, 0.2) is 0 Å². The highest BCUT2D eigenvalue weighted by Crippen LogP contribution is 2.28. The maximum atomic E-state index is 12.6. The molecule has 1 atom stereocenters. The number of benzene rings is 1. The van der Waals surface area contributed by atoms with E-state index in [1.54, 1.807) is 6.20 Å². The van der Waals surface area contributed by atoms with E-state index in [0.29, 0.717) is 26.2 Å². The standard InChI is InChI=1S/C22H26N4O3/c23-14-16(22(27)26-17-7-11-28-12-8-17)13-15-1-3-18(4-2-15)29-20-6-10-25-21-19(20)5-9-24-21/h1-6,9-10,16-17H,7-8,11-14,23H2,(H,24,25)(H,26,27). The SMILES string of the molecule is NCC(Cc1ccc(Oc2ccnc3[nH]ccc23)cc1)C(=O)NC1CCOCC1. The number of nitrogens with two attached hydrogens (primary N) is 1. The van der Waals surface area contributed by atoms with Crippen LogP contribution in [0.15, 0.2) is 48.8 Å². The van der Waals surface area contributed by atoms with Crippen LogP contribution in [0.2, 0.25) is 0 Å². The predicted octanol–water partition coefficient (Wildman–Crippen LogP) is 2.77. The van der Waals surface area contributed by atoms with Gasteiger partial charge in [-0.25, -0.2) is 4.98 Å². The molecule has 1 aliphatic rings. The van der Waals surface area contributed by atoms with Crippen LogP contribution in [0, 0.1) is 5.92 Å². The molecule has 1 aliphatic heterocycles. The lowest BCUT2D eigenvalue weighted by Gasteiger charge is -2.25. The molecule has 29 heavy (non-hydrogen) atoms. The van der Waals surface area contributed by atoms with Gasteiger partial charge < -0.3 is 25.5 Å². The first kappa shape index (κ1) is 19.4. The maximum Gasteiger partial charge on any atom is 0.224 e. The van der Waals surface area contributed by atoms with Gasteiger partial charge in [-0.1, -0.05) is 12.1 Å². The molecule has 0 saturated carbocycles. The number of aromatic nitrogens is 2. The van der Waals surface area contributed by atoms with Crippen LogP contribution in [0.1, 0.15) is 18.4 Å². The van der Waals surface area contributed by atoms with Crippen LogP contribution in [0.3, 0.4) is 0 Å². The lowest BCUT2D eigenvalue weighted by atomic mass is 9.97. The van der Waals surface area contributed by atoms with Gasteiger partial charge in [-0.3, -0.25) is 4.79 Å². The Morgan fingerprint density at radius 3 is 2.79 bits per heavy atom. The molecular weight excluding hydrogens is 368 g/mol. The Hall–Kier alpha value is -2.90. The summed E-state index contributed by atoms with van der Waals surface area (Å²) in [7, 11) is 0. The Morgan fingerprint density at radius 1 is 1.24 bits per heavy atom. The van der Waals surface area contributed by atoms with Crippen LogP contribution >= 0.6 is 0 Å². The van der Waals surface area contributed by atoms with Crippen LogP contribution < -0.4 is 15.8 Å². The molecule has 1 aromatic carbocycles. The first-order valence-corrected chi connectivity index (χ1v) is 10.00. The lowest BCUT2D eigenvalue weighted by molar-refractivity contribution is -0.126. The fraction of sp³-hybridized carbons (Fsp3) is 0.364. The summed E-state index contributed by atoms with van der Waals surface area (Å²) in [5.41, 5.74) is 7.73. The number of carbonyl (C=O) groups excluding carboxylic acids is 1. The highest BCUT2D eigenvalue weighted by molar-refractivity contribution is 5.82. The Labute approximate surface area is 169 Å². The second-order valence-electron chi connectivity index (χ2n) is 7.33. The van der Waals surface area contributed by atoms with Crippen molar-refractivity contribution in [2.24, 2.45) is 11.7 Å². The van der Waals surface area contributed by atoms with Crippen molar-refractivity contribution in [2.75, 3.05) is 19.8 Å². The number of ether oxygens (including phenoxy) is 2. The minimum atomic E-state index is -0.246. The fourth-order valence-corrected chi connectivity index (χ4v) is 3.57. The number of carbonyl (C=O) groups is 1. The van der Waals surface area contributed by atoms with Gasteiger partial charge in [-0.2, -0.15) is 0 Å². The Bertz CT molecular complexity index is 948. The third kappa shape index (κ3) is 4.75. The molecule has 1 saturated heterocycles. The normalized spacial score (nSPS) is 15.9. The number of nitrogens with one attached hydrogen (secondary N) is 2. The molecule has 0 radical (unpaired) electrons. The third-order valence-electron chi connectivity index (χ3n) is 5.28. The van der Waals surface area contributed by atoms with Crippen LogP contribution in [-0.4, -0.2) is 41.7 Å². The molecule has 7 heteroatoms. The molecule has 152 valence electrons. The molecule has 0 bridgehead atoms. The molecule has 0 spiro atoms. The summed E-state index contributed by atoms with van der Waals surface area (Å²) in [5.74, 6) is 1.26. The summed E-state index contributed by atoms with van der Waals surface area (Å²) in [6.45, 7) is 1.72. The van der Waals surface area contributed by atoms with E-state index in [4.69, 9.17) is 15.2 Å². The van der Waals surface area contributed by atoms with Crippen molar-refractivity contribution in [3.05, 3.63) is 54.4 Å². The summed E-state index contributed by atoms with van der Waals surface area (Å²) in [5, 5.41) is 4.05. The zero-order valence-electron chi connectivity index (χ0n) is 16.3. The highest BCUT2D eigenvalue weighted by Gasteiger charge is 2.22. The van der Waals surface area contributed by atoms with Gasteiger partial charge >= 0.3 is 0 Å². The van der Waals surface area contributed by atoms with Crippen molar-refractivity contribution in [1.29, 1.82) is 0 Å². The smallest absolute Gasteiger partial charge is 0.224 e. The molecule has 0 aliphatic carbocycles. The number of amides is 1. The Kier molecular flexibility index (Phi) is 6.07. The molecule has 3 heterocycles. The van der Waals surface area contributed by atoms with Crippen molar-refractivity contribution in [3.63, 3.8) is 0 Å². The van der Waals surface area contributed by atoms with Crippen LogP contribution in [0.4, 0.5) is 0 Å². The topological polar surface area (TPSA) is 102 Å². The number of nitrogens with zero attached hydrogens (tertiary/aromatic N) is 1. The van der Waals surface area contributed by atoms with Crippen LogP contribution in [0.25, 0.3) is 11.0 Å². The number of hydrogen-bond acceptors (Lipinski definition) is 5. The number of hydrogen-bond donors (Lipinski definition) is 3. The number of fused-ring (bicyclic) bond motifs is 1. The van der Waals surface area contributed by atoms with Crippen molar-refractivity contribution >= 4 is 16.9 Å². The van der Waals surface area contributed by atoms with Crippen molar-refractivity contribution in [1.82, 2.24) is 15.3 Å². The minimum Gasteiger partial charge on any atom is -0.457 e. The second-order valence-corrected chi connectivity index (χ2v) is 7.33. The van der Waals surface area contributed by atoms with Gasteiger partial charge in [0.1, 0.15) is 17.1 Å². The molecule has 1 fully saturated rings. The summed E-state index contributed by atoms with van der Waals surface area (Å²) >= 11 is 0. The fourth-order valence-electron chi connectivity index (χ4n) is 3.57. The number of aromatic amines is 1. The quantitative estimate of drug-likeness (QED) is 0.572. The van der Waals surface area contributed by atoms with E-state index in [1.807, 2.05) is 42.6 Å². The molecule has 4 N–H and O–H groups in total. The van der Waals surface area contributed by atoms with E-state index < -0.39 is 0 Å². The van der Waals surface area contributed by atoms with Gasteiger partial charge in [0.2, 0.25) is 5.91 Å². The lowest BCUT2D eigenvalue weighted by Crippen LogP contribution is -2.44. The largest absolute Gasteiger partial charge is 0.457 e. The first-order valence-electron chi connectivity index (χ1n) is 10.00. The molecule has 1 unspecified atom stereocenters. The zero-order chi connectivity index (χ0) is 20.1. The van der Waals surface area contributed by atoms with Crippen LogP contribution in [-0.2, 0) is 16.0 Å². The molecule has 3 aromatic rings. The number of pyridine rings is 1. The molecule has 4 rings (SSSR count). The summed E-state index contributed by atoms with van der Waals surface area (Å²) < 4.78 is 11.4. The monoisotopic (exact) mass is 394 g/mol. The van der Waals surface area contributed by atoms with E-state index in [2.05, 4.69) is 15.3 Å². The van der Waals surface area contributed by atoms with E-state index in [-0.39, 0.29) is 17.9 Å². The van der Waals surface area contributed by atoms with Crippen LogP contribution in [0.5, 0.6) is 11.5 Å². The van der Waals surface area contributed by atoms with Gasteiger partial charge in [0.05, 0.1) is 11.3 Å². The van der Waals surface area contributed by atoms with Crippen molar-refractivity contribution in [3.8, 4) is 11.5 Å². The van der Waals surface area contributed by atoms with Gasteiger partial charge in [0, 0.05) is 38.2 Å². The zero-order valence-corrected chi connectivity index (χ0v) is 16.3. The Balaban J connectivity index is 1.37. The maximum absolute atomic E-state index is 12.6. The van der Waals surface area contributed by atoms with E-state index in [0.717, 1.165) is 40.9 Å². The summed E-state index contributed by atoms with van der Waals surface area (Å²) in [4.78, 5) is 19.9. The molecule has 1 amide bonds. The second kappa shape index (κ2) is 9.07. The Morgan fingerprint density at radius 2 is 2.03 bits per heavy atom. The van der Waals surface area contributed by atoms with Gasteiger partial charge in [-0.15, -0.1) is 0 Å².